The Balaban J connectivity index is -0.000000409. The van der Waals surface area contributed by atoms with Crippen molar-refractivity contribution in [2.45, 2.75) is 78.2 Å². The van der Waals surface area contributed by atoms with E-state index in [1.54, 1.807) is 42.7 Å². The van der Waals surface area contributed by atoms with Gasteiger partial charge in [0.05, 0.1) is 76.3 Å². The quantitative estimate of drug-likeness (QED) is 0.290. The van der Waals surface area contributed by atoms with Gasteiger partial charge in [-0.1, -0.05) is 0 Å². The third kappa shape index (κ3) is 31.6. The zero-order valence-corrected chi connectivity index (χ0v) is 23.4. The van der Waals surface area contributed by atoms with E-state index in [1.807, 2.05) is 41.5 Å². The van der Waals surface area contributed by atoms with Crippen LogP contribution in [0.2, 0.25) is 0 Å². The van der Waals surface area contributed by atoms with Gasteiger partial charge in [-0.05, 0) is 41.5 Å². The van der Waals surface area contributed by atoms with E-state index in [0.717, 1.165) is 0 Å². The molecule has 0 aromatic heterocycles. The topological polar surface area (TPSA) is 83.1 Å². The minimum atomic E-state index is 0.144. The molecular formula is C24H54O9. The van der Waals surface area contributed by atoms with Crippen molar-refractivity contribution in [3.8, 4) is 0 Å². The first kappa shape index (κ1) is 37.2. The van der Waals surface area contributed by atoms with Crippen LogP contribution in [-0.2, 0) is 42.6 Å². The molecule has 9 nitrogen and oxygen atoms in total. The molecule has 6 atom stereocenters. The Hall–Kier alpha value is -0.360. The first-order chi connectivity index (χ1) is 15.6. The molecule has 9 heteroatoms. The number of ether oxygens (including phenoxy) is 9. The number of hydrogen-bond donors (Lipinski definition) is 0. The van der Waals surface area contributed by atoms with E-state index >= 15 is 0 Å². The van der Waals surface area contributed by atoms with Gasteiger partial charge in [0.1, 0.15) is 0 Å². The Morgan fingerprint density at radius 2 is 0.727 bits per heavy atom. The first-order valence-electron chi connectivity index (χ1n) is 11.5. The van der Waals surface area contributed by atoms with Gasteiger partial charge in [0.15, 0.2) is 0 Å². The van der Waals surface area contributed by atoms with Crippen molar-refractivity contribution in [1.82, 2.24) is 0 Å². The molecule has 0 aromatic rings. The summed E-state index contributed by atoms with van der Waals surface area (Å²) in [5, 5.41) is 0. The van der Waals surface area contributed by atoms with Crippen molar-refractivity contribution in [3.63, 3.8) is 0 Å². The van der Waals surface area contributed by atoms with Crippen molar-refractivity contribution < 1.29 is 42.6 Å². The average Bonchev–Trinajstić information content (AvgIpc) is 2.78. The van der Waals surface area contributed by atoms with Crippen LogP contribution in [0.1, 0.15) is 41.5 Å². The van der Waals surface area contributed by atoms with E-state index in [1.165, 1.54) is 0 Å². The second-order valence-corrected chi connectivity index (χ2v) is 7.94. The van der Waals surface area contributed by atoms with Crippen LogP contribution in [0.5, 0.6) is 0 Å². The maximum Gasteiger partial charge on any atom is 0.0785 e. The largest absolute Gasteiger partial charge is 0.382 e. The molecule has 0 saturated carbocycles. The highest BCUT2D eigenvalue weighted by atomic mass is 16.6. The van der Waals surface area contributed by atoms with Gasteiger partial charge in [-0.15, -0.1) is 0 Å². The van der Waals surface area contributed by atoms with Crippen LogP contribution in [0.15, 0.2) is 0 Å². The predicted molar refractivity (Wildman–Crippen MR) is 131 cm³/mol. The Labute approximate surface area is 203 Å². The Morgan fingerprint density at radius 3 is 1.06 bits per heavy atom. The van der Waals surface area contributed by atoms with Gasteiger partial charge < -0.3 is 42.6 Å². The summed E-state index contributed by atoms with van der Waals surface area (Å²) in [4.78, 5) is 0. The molecule has 6 unspecified atom stereocenters. The second kappa shape index (κ2) is 27.9. The van der Waals surface area contributed by atoms with E-state index in [0.29, 0.717) is 39.6 Å². The molecule has 0 rings (SSSR count). The molecule has 0 fully saturated rings. The second-order valence-electron chi connectivity index (χ2n) is 7.94. The lowest BCUT2D eigenvalue weighted by atomic mass is 10.4. The highest BCUT2D eigenvalue weighted by Gasteiger charge is 2.07. The fourth-order valence-corrected chi connectivity index (χ4v) is 2.13. The normalized spacial score (nSPS) is 16.4. The molecule has 204 valence electrons. The summed E-state index contributed by atoms with van der Waals surface area (Å²) in [5.41, 5.74) is 0. The van der Waals surface area contributed by atoms with Crippen molar-refractivity contribution in [2.24, 2.45) is 0 Å². The summed E-state index contributed by atoms with van der Waals surface area (Å²) >= 11 is 0. The monoisotopic (exact) mass is 486 g/mol. The molecule has 0 aliphatic heterocycles. The van der Waals surface area contributed by atoms with Crippen LogP contribution in [-0.4, -0.2) is 119 Å². The van der Waals surface area contributed by atoms with Crippen molar-refractivity contribution in [2.75, 3.05) is 82.3 Å². The molecule has 33 heavy (non-hydrogen) atoms. The van der Waals surface area contributed by atoms with Gasteiger partial charge >= 0.3 is 0 Å². The highest BCUT2D eigenvalue weighted by Crippen LogP contribution is 1.98. The minimum Gasteiger partial charge on any atom is -0.382 e. The van der Waals surface area contributed by atoms with E-state index in [2.05, 4.69) is 0 Å². The van der Waals surface area contributed by atoms with Gasteiger partial charge in [-0.2, -0.15) is 0 Å². The van der Waals surface area contributed by atoms with Crippen LogP contribution in [0.25, 0.3) is 0 Å². The fraction of sp³-hybridized carbons (Fsp3) is 1.00. The molecule has 0 saturated heterocycles. The average molecular weight is 487 g/mol. The lowest BCUT2D eigenvalue weighted by Crippen LogP contribution is -2.24. The molecule has 0 bridgehead atoms. The zero-order valence-electron chi connectivity index (χ0n) is 23.4. The van der Waals surface area contributed by atoms with E-state index in [9.17, 15) is 0 Å². The van der Waals surface area contributed by atoms with E-state index in [-0.39, 0.29) is 36.6 Å². The van der Waals surface area contributed by atoms with Crippen molar-refractivity contribution in [3.05, 3.63) is 0 Å². The molecule has 0 heterocycles. The van der Waals surface area contributed by atoms with Crippen LogP contribution >= 0.6 is 0 Å². The standard InChI is InChI=1S/3C8H18O3/c1-7(10-4)6-11-8(2)5-9-3;1-7(9-3)5-11-6-8(2)10-4;1-7(5-9-3)11-8(2)6-10-4/h3*7-8H,5-6H2,1-4H3. The summed E-state index contributed by atoms with van der Waals surface area (Å²) in [7, 11) is 10.0. The molecule has 0 radical (unpaired) electrons. The highest BCUT2D eigenvalue weighted by molar-refractivity contribution is 4.53. The molecule has 0 aliphatic rings. The SMILES string of the molecule is COC(C)COCC(C)OC.COCC(C)OC(C)COC.COCC(C)OCC(C)OC. The Morgan fingerprint density at radius 1 is 0.394 bits per heavy atom. The Kier molecular flexibility index (Phi) is 31.4. The smallest absolute Gasteiger partial charge is 0.0785 e. The first-order valence-corrected chi connectivity index (χ1v) is 11.5. The van der Waals surface area contributed by atoms with Gasteiger partial charge in [-0.3, -0.25) is 0 Å². The fourth-order valence-electron chi connectivity index (χ4n) is 2.13. The summed E-state index contributed by atoms with van der Waals surface area (Å²) in [6.45, 7) is 15.6. The predicted octanol–water partition coefficient (Wildman–Crippen LogP) is 3.22. The summed E-state index contributed by atoms with van der Waals surface area (Å²) in [6, 6.07) is 0. The third-order valence-electron chi connectivity index (χ3n) is 4.20. The lowest BCUT2D eigenvalue weighted by molar-refractivity contribution is -0.0572. The van der Waals surface area contributed by atoms with Crippen LogP contribution in [0.3, 0.4) is 0 Å². The van der Waals surface area contributed by atoms with Crippen LogP contribution in [0.4, 0.5) is 0 Å². The number of methoxy groups -OCH3 is 6. The van der Waals surface area contributed by atoms with E-state index < -0.39 is 0 Å². The molecular weight excluding hydrogens is 432 g/mol. The van der Waals surface area contributed by atoms with Crippen LogP contribution < -0.4 is 0 Å². The molecule has 0 spiro atoms. The maximum absolute atomic E-state index is 5.48. The van der Waals surface area contributed by atoms with Gasteiger partial charge in [0, 0.05) is 42.7 Å². The molecule has 0 aliphatic carbocycles. The van der Waals surface area contributed by atoms with Gasteiger partial charge in [-0.25, -0.2) is 0 Å². The lowest BCUT2D eigenvalue weighted by Gasteiger charge is -2.17. The minimum absolute atomic E-state index is 0.144. The number of rotatable bonds is 18. The Bertz CT molecular complexity index is 341. The summed E-state index contributed by atoms with van der Waals surface area (Å²) in [5.74, 6) is 0. The van der Waals surface area contributed by atoms with Gasteiger partial charge in [0.25, 0.3) is 0 Å². The maximum atomic E-state index is 5.48. The van der Waals surface area contributed by atoms with Crippen molar-refractivity contribution in [1.29, 1.82) is 0 Å². The molecule has 0 amide bonds. The van der Waals surface area contributed by atoms with E-state index in [4.69, 9.17) is 42.6 Å². The third-order valence-corrected chi connectivity index (χ3v) is 4.20. The zero-order chi connectivity index (χ0) is 26.1. The molecule has 0 aromatic carbocycles. The number of hydrogen-bond acceptors (Lipinski definition) is 9. The van der Waals surface area contributed by atoms with Gasteiger partial charge in [0.2, 0.25) is 0 Å². The van der Waals surface area contributed by atoms with Crippen LogP contribution in [0, 0.1) is 0 Å². The summed E-state index contributed by atoms with van der Waals surface area (Å²) < 4.78 is 45.9. The summed E-state index contributed by atoms with van der Waals surface area (Å²) in [6.07, 6.45) is 0.931. The molecule has 0 N–H and O–H groups in total. The van der Waals surface area contributed by atoms with Crippen molar-refractivity contribution >= 4 is 0 Å².